The summed E-state index contributed by atoms with van der Waals surface area (Å²) in [5.74, 6) is 1.76. The number of aryl methyl sites for hydroxylation is 1. The molecule has 1 heterocycles. The molecular formula is C12H15N3O2. The van der Waals surface area contributed by atoms with Crippen LogP contribution in [-0.4, -0.2) is 16.8 Å². The van der Waals surface area contributed by atoms with Gasteiger partial charge in [0.1, 0.15) is 11.8 Å². The van der Waals surface area contributed by atoms with Crippen molar-refractivity contribution >= 4 is 0 Å². The third-order valence-corrected chi connectivity index (χ3v) is 2.36. The lowest BCUT2D eigenvalue weighted by Crippen LogP contribution is -2.12. The first-order valence-corrected chi connectivity index (χ1v) is 5.49. The summed E-state index contributed by atoms with van der Waals surface area (Å²) in [6.45, 7) is 4.33. The van der Waals surface area contributed by atoms with E-state index in [0.29, 0.717) is 18.4 Å². The number of hydrogen-bond acceptors (Lipinski definition) is 5. The molecule has 0 aliphatic rings. The Hall–Kier alpha value is -1.88. The van der Waals surface area contributed by atoms with Crippen LogP contribution in [0.15, 0.2) is 28.7 Å². The van der Waals surface area contributed by atoms with Crippen LogP contribution in [0.1, 0.15) is 30.3 Å². The van der Waals surface area contributed by atoms with Crippen LogP contribution in [0, 0.1) is 6.92 Å². The van der Waals surface area contributed by atoms with Crippen molar-refractivity contribution < 1.29 is 9.15 Å². The SMILES string of the molecule is CCOc1ccc(C(N)c2nnc(C)o2)cc1. The zero-order valence-electron chi connectivity index (χ0n) is 9.88. The van der Waals surface area contributed by atoms with Gasteiger partial charge >= 0.3 is 0 Å². The lowest BCUT2D eigenvalue weighted by Gasteiger charge is -2.08. The van der Waals surface area contributed by atoms with Crippen LogP contribution in [0.2, 0.25) is 0 Å². The number of rotatable bonds is 4. The van der Waals surface area contributed by atoms with Gasteiger partial charge in [-0.2, -0.15) is 0 Å². The first-order valence-electron chi connectivity index (χ1n) is 5.49. The van der Waals surface area contributed by atoms with Crippen molar-refractivity contribution in [3.63, 3.8) is 0 Å². The molecule has 2 rings (SSSR count). The van der Waals surface area contributed by atoms with Crippen LogP contribution in [-0.2, 0) is 0 Å². The second kappa shape index (κ2) is 4.97. The monoisotopic (exact) mass is 233 g/mol. The summed E-state index contributed by atoms with van der Waals surface area (Å²) in [4.78, 5) is 0. The third-order valence-electron chi connectivity index (χ3n) is 2.36. The molecule has 2 aromatic rings. The van der Waals surface area contributed by atoms with Crippen LogP contribution >= 0.6 is 0 Å². The highest BCUT2D eigenvalue weighted by Gasteiger charge is 2.15. The molecule has 0 radical (unpaired) electrons. The van der Waals surface area contributed by atoms with Crippen LogP contribution in [0.3, 0.4) is 0 Å². The van der Waals surface area contributed by atoms with Gasteiger partial charge in [0.25, 0.3) is 0 Å². The summed E-state index contributed by atoms with van der Waals surface area (Å²) in [5.41, 5.74) is 6.93. The predicted molar refractivity (Wildman–Crippen MR) is 62.7 cm³/mol. The van der Waals surface area contributed by atoms with Crippen molar-refractivity contribution in [3.8, 4) is 5.75 Å². The average Bonchev–Trinajstić information content (AvgIpc) is 2.76. The van der Waals surface area contributed by atoms with E-state index in [-0.39, 0.29) is 0 Å². The zero-order valence-corrected chi connectivity index (χ0v) is 9.88. The van der Waals surface area contributed by atoms with Gasteiger partial charge < -0.3 is 14.9 Å². The summed E-state index contributed by atoms with van der Waals surface area (Å²) >= 11 is 0. The van der Waals surface area contributed by atoms with Gasteiger partial charge in [-0.05, 0) is 24.6 Å². The van der Waals surface area contributed by atoms with Crippen molar-refractivity contribution in [2.45, 2.75) is 19.9 Å². The quantitative estimate of drug-likeness (QED) is 0.871. The third kappa shape index (κ3) is 2.62. The van der Waals surface area contributed by atoms with Crippen LogP contribution < -0.4 is 10.5 Å². The van der Waals surface area contributed by atoms with E-state index in [1.54, 1.807) is 6.92 Å². The van der Waals surface area contributed by atoms with Gasteiger partial charge in [-0.15, -0.1) is 10.2 Å². The number of ether oxygens (including phenoxy) is 1. The Morgan fingerprint density at radius 2 is 2.00 bits per heavy atom. The Morgan fingerprint density at radius 3 is 2.53 bits per heavy atom. The van der Waals surface area contributed by atoms with Crippen molar-refractivity contribution in [1.82, 2.24) is 10.2 Å². The van der Waals surface area contributed by atoms with Crippen LogP contribution in [0.25, 0.3) is 0 Å². The molecule has 17 heavy (non-hydrogen) atoms. The molecule has 0 saturated heterocycles. The summed E-state index contributed by atoms with van der Waals surface area (Å²) < 4.78 is 10.7. The van der Waals surface area contributed by atoms with Gasteiger partial charge in [0.2, 0.25) is 11.8 Å². The van der Waals surface area contributed by atoms with E-state index in [1.165, 1.54) is 0 Å². The molecule has 1 aromatic heterocycles. The van der Waals surface area contributed by atoms with Crippen molar-refractivity contribution in [2.75, 3.05) is 6.61 Å². The van der Waals surface area contributed by atoms with Gasteiger partial charge in [-0.3, -0.25) is 0 Å². The maximum Gasteiger partial charge on any atom is 0.237 e. The molecule has 0 aliphatic heterocycles. The maximum absolute atomic E-state index is 6.02. The van der Waals surface area contributed by atoms with E-state index < -0.39 is 6.04 Å². The molecule has 5 nitrogen and oxygen atoms in total. The molecular weight excluding hydrogens is 218 g/mol. The number of aromatic nitrogens is 2. The smallest absolute Gasteiger partial charge is 0.237 e. The predicted octanol–water partition coefficient (Wildman–Crippen LogP) is 1.82. The van der Waals surface area contributed by atoms with Crippen LogP contribution in [0.5, 0.6) is 5.75 Å². The lowest BCUT2D eigenvalue weighted by atomic mass is 10.1. The number of benzene rings is 1. The van der Waals surface area contributed by atoms with Gasteiger partial charge in [0.05, 0.1) is 6.61 Å². The number of hydrogen-bond donors (Lipinski definition) is 1. The molecule has 1 atom stereocenters. The zero-order chi connectivity index (χ0) is 12.3. The van der Waals surface area contributed by atoms with Crippen LogP contribution in [0.4, 0.5) is 0 Å². The first-order chi connectivity index (χ1) is 8.20. The highest BCUT2D eigenvalue weighted by Crippen LogP contribution is 2.21. The Labute approximate surface area is 99.6 Å². The number of nitrogens with zero attached hydrogens (tertiary/aromatic N) is 2. The first kappa shape index (κ1) is 11.6. The van der Waals surface area contributed by atoms with E-state index in [9.17, 15) is 0 Å². The molecule has 0 bridgehead atoms. The molecule has 0 spiro atoms. The van der Waals surface area contributed by atoms with Crippen molar-refractivity contribution in [2.24, 2.45) is 5.73 Å². The van der Waals surface area contributed by atoms with E-state index in [4.69, 9.17) is 14.9 Å². The fourth-order valence-corrected chi connectivity index (χ4v) is 1.52. The van der Waals surface area contributed by atoms with Gasteiger partial charge in [0.15, 0.2) is 0 Å². The lowest BCUT2D eigenvalue weighted by molar-refractivity contribution is 0.340. The minimum atomic E-state index is -0.396. The highest BCUT2D eigenvalue weighted by atomic mass is 16.5. The molecule has 5 heteroatoms. The molecule has 2 N–H and O–H groups in total. The molecule has 1 unspecified atom stereocenters. The summed E-state index contributed by atoms with van der Waals surface area (Å²) in [5, 5.41) is 7.67. The molecule has 1 aromatic carbocycles. The second-order valence-corrected chi connectivity index (χ2v) is 3.64. The molecule has 90 valence electrons. The largest absolute Gasteiger partial charge is 0.494 e. The van der Waals surface area contributed by atoms with E-state index in [0.717, 1.165) is 11.3 Å². The standard InChI is InChI=1S/C12H15N3O2/c1-3-16-10-6-4-9(5-7-10)11(13)12-15-14-8(2)17-12/h4-7,11H,3,13H2,1-2H3. The molecule has 0 saturated carbocycles. The van der Waals surface area contributed by atoms with Gasteiger partial charge in [-0.25, -0.2) is 0 Å². The van der Waals surface area contributed by atoms with E-state index in [2.05, 4.69) is 10.2 Å². The Kier molecular flexibility index (Phi) is 3.39. The van der Waals surface area contributed by atoms with Crippen molar-refractivity contribution in [3.05, 3.63) is 41.6 Å². The minimum Gasteiger partial charge on any atom is -0.494 e. The molecule has 0 fully saturated rings. The minimum absolute atomic E-state index is 0.396. The highest BCUT2D eigenvalue weighted by molar-refractivity contribution is 5.31. The maximum atomic E-state index is 6.02. The average molecular weight is 233 g/mol. The molecule has 0 amide bonds. The molecule has 0 aliphatic carbocycles. The van der Waals surface area contributed by atoms with E-state index in [1.807, 2.05) is 31.2 Å². The van der Waals surface area contributed by atoms with Crippen molar-refractivity contribution in [1.29, 1.82) is 0 Å². The van der Waals surface area contributed by atoms with Gasteiger partial charge in [0, 0.05) is 6.92 Å². The van der Waals surface area contributed by atoms with E-state index >= 15 is 0 Å². The Balaban J connectivity index is 2.16. The summed E-state index contributed by atoms with van der Waals surface area (Å²) in [6.07, 6.45) is 0. The summed E-state index contributed by atoms with van der Waals surface area (Å²) in [6, 6.07) is 7.15. The Bertz CT molecular complexity index is 479. The van der Waals surface area contributed by atoms with Gasteiger partial charge in [-0.1, -0.05) is 12.1 Å². The second-order valence-electron chi connectivity index (χ2n) is 3.64. The Morgan fingerprint density at radius 1 is 1.29 bits per heavy atom. The summed E-state index contributed by atoms with van der Waals surface area (Å²) in [7, 11) is 0. The normalized spacial score (nSPS) is 12.4. The fourth-order valence-electron chi connectivity index (χ4n) is 1.52. The topological polar surface area (TPSA) is 74.2 Å². The number of nitrogens with two attached hydrogens (primary N) is 1. The fraction of sp³-hybridized carbons (Fsp3) is 0.333.